The maximum absolute atomic E-state index is 9.09. The largest absolute Gasteiger partial charge is 0.396 e. The van der Waals surface area contributed by atoms with E-state index in [-0.39, 0.29) is 12.5 Å². The highest BCUT2D eigenvalue weighted by Crippen LogP contribution is 2.31. The lowest BCUT2D eigenvalue weighted by atomic mass is 9.97. The Bertz CT molecular complexity index is 309. The number of fused-ring (bicyclic) bond motifs is 1. The first-order chi connectivity index (χ1) is 6.33. The van der Waals surface area contributed by atoms with Crippen molar-refractivity contribution in [2.24, 2.45) is 0 Å². The van der Waals surface area contributed by atoms with Crippen LogP contribution < -0.4 is 5.32 Å². The van der Waals surface area contributed by atoms with Crippen molar-refractivity contribution in [1.82, 2.24) is 0 Å². The van der Waals surface area contributed by atoms with Crippen molar-refractivity contribution in [1.29, 1.82) is 0 Å². The summed E-state index contributed by atoms with van der Waals surface area (Å²) in [5, 5.41) is 12.5. The molecule has 2 nitrogen and oxygen atoms in total. The Hall–Kier alpha value is -1.02. The van der Waals surface area contributed by atoms with Gasteiger partial charge in [-0.1, -0.05) is 25.1 Å². The number of nitrogens with one attached hydrogen (secondary N) is 1. The third-order valence-electron chi connectivity index (χ3n) is 2.68. The van der Waals surface area contributed by atoms with Crippen LogP contribution in [0.1, 0.15) is 24.0 Å². The molecule has 0 radical (unpaired) electrons. The number of para-hydroxylation sites is 1. The van der Waals surface area contributed by atoms with Crippen LogP contribution in [0.25, 0.3) is 0 Å². The Morgan fingerprint density at radius 1 is 1.54 bits per heavy atom. The molecule has 1 heterocycles. The number of hydrogen-bond donors (Lipinski definition) is 2. The van der Waals surface area contributed by atoms with Crippen LogP contribution in [0.15, 0.2) is 18.2 Å². The highest BCUT2D eigenvalue weighted by Gasteiger charge is 2.16. The maximum Gasteiger partial charge on any atom is 0.0497 e. The van der Waals surface area contributed by atoms with Crippen LogP contribution in [0.5, 0.6) is 0 Å². The molecule has 1 unspecified atom stereocenters. The van der Waals surface area contributed by atoms with E-state index in [2.05, 4.69) is 30.4 Å². The number of rotatable bonds is 2. The van der Waals surface area contributed by atoms with Gasteiger partial charge in [-0.3, -0.25) is 0 Å². The van der Waals surface area contributed by atoms with E-state index in [1.165, 1.54) is 16.8 Å². The lowest BCUT2D eigenvalue weighted by molar-refractivity contribution is 0.273. The van der Waals surface area contributed by atoms with Gasteiger partial charge in [-0.25, -0.2) is 0 Å². The fourth-order valence-corrected chi connectivity index (χ4v) is 1.88. The van der Waals surface area contributed by atoms with E-state index in [1.54, 1.807) is 0 Å². The molecule has 1 atom stereocenters. The van der Waals surface area contributed by atoms with E-state index in [1.807, 2.05) is 0 Å². The third kappa shape index (κ3) is 1.42. The zero-order valence-corrected chi connectivity index (χ0v) is 7.88. The number of anilines is 1. The molecule has 0 aromatic heterocycles. The molecule has 0 spiro atoms. The minimum Gasteiger partial charge on any atom is -0.396 e. The summed E-state index contributed by atoms with van der Waals surface area (Å²) in [5.74, 6) is 0.237. The Balaban J connectivity index is 2.41. The molecule has 0 saturated carbocycles. The second kappa shape index (κ2) is 3.38. The molecule has 2 N–H and O–H groups in total. The fraction of sp³-hybridized carbons (Fsp3) is 0.455. The van der Waals surface area contributed by atoms with Crippen LogP contribution in [0.2, 0.25) is 0 Å². The molecule has 0 bridgehead atoms. The first kappa shape index (κ1) is 8.57. The molecule has 1 aromatic rings. The lowest BCUT2D eigenvalue weighted by Crippen LogP contribution is -2.03. The van der Waals surface area contributed by atoms with Gasteiger partial charge in [0.2, 0.25) is 0 Å². The second-order valence-electron chi connectivity index (χ2n) is 3.64. The van der Waals surface area contributed by atoms with Crippen molar-refractivity contribution in [3.8, 4) is 0 Å². The average Bonchev–Trinajstić information content (AvgIpc) is 2.63. The molecule has 0 amide bonds. The van der Waals surface area contributed by atoms with Gasteiger partial charge in [-0.05, 0) is 17.5 Å². The molecule has 2 heteroatoms. The summed E-state index contributed by atoms with van der Waals surface area (Å²) in [5.41, 5.74) is 3.89. The van der Waals surface area contributed by atoms with Gasteiger partial charge in [0.05, 0.1) is 0 Å². The summed E-state index contributed by atoms with van der Waals surface area (Å²) in [6.07, 6.45) is 1.11. The van der Waals surface area contributed by atoms with E-state index >= 15 is 0 Å². The van der Waals surface area contributed by atoms with E-state index in [0.29, 0.717) is 0 Å². The van der Waals surface area contributed by atoms with Crippen LogP contribution in [0.3, 0.4) is 0 Å². The molecule has 70 valence electrons. The Morgan fingerprint density at radius 3 is 3.15 bits per heavy atom. The Labute approximate surface area is 78.6 Å². The fourth-order valence-electron chi connectivity index (χ4n) is 1.88. The Kier molecular flexibility index (Phi) is 2.23. The monoisotopic (exact) mass is 177 g/mol. The van der Waals surface area contributed by atoms with Crippen LogP contribution in [0.4, 0.5) is 5.69 Å². The zero-order valence-electron chi connectivity index (χ0n) is 7.88. The molecule has 0 aliphatic carbocycles. The summed E-state index contributed by atoms with van der Waals surface area (Å²) < 4.78 is 0. The molecule has 13 heavy (non-hydrogen) atoms. The van der Waals surface area contributed by atoms with Gasteiger partial charge in [0.1, 0.15) is 0 Å². The van der Waals surface area contributed by atoms with Crippen molar-refractivity contribution < 1.29 is 5.11 Å². The predicted octanol–water partition coefficient (Wildman–Crippen LogP) is 1.75. The first-order valence-corrected chi connectivity index (χ1v) is 4.79. The molecule has 1 aliphatic heterocycles. The quantitative estimate of drug-likeness (QED) is 0.721. The predicted molar refractivity (Wildman–Crippen MR) is 54.1 cm³/mol. The van der Waals surface area contributed by atoms with Crippen LogP contribution in [-0.4, -0.2) is 18.3 Å². The van der Waals surface area contributed by atoms with Gasteiger partial charge < -0.3 is 10.4 Å². The van der Waals surface area contributed by atoms with E-state index in [9.17, 15) is 0 Å². The summed E-state index contributed by atoms with van der Waals surface area (Å²) in [4.78, 5) is 0. The van der Waals surface area contributed by atoms with Crippen LogP contribution in [0, 0.1) is 0 Å². The Morgan fingerprint density at radius 2 is 2.38 bits per heavy atom. The van der Waals surface area contributed by atoms with Gasteiger partial charge in [-0.2, -0.15) is 0 Å². The van der Waals surface area contributed by atoms with Gasteiger partial charge >= 0.3 is 0 Å². The number of benzene rings is 1. The van der Waals surface area contributed by atoms with Gasteiger partial charge in [-0.15, -0.1) is 0 Å². The highest BCUT2D eigenvalue weighted by atomic mass is 16.3. The normalized spacial score (nSPS) is 16.5. The maximum atomic E-state index is 9.09. The van der Waals surface area contributed by atoms with Crippen molar-refractivity contribution in [3.05, 3.63) is 29.3 Å². The van der Waals surface area contributed by atoms with E-state index in [0.717, 1.165) is 13.0 Å². The summed E-state index contributed by atoms with van der Waals surface area (Å²) in [7, 11) is 0. The van der Waals surface area contributed by atoms with Crippen LogP contribution in [-0.2, 0) is 6.42 Å². The summed E-state index contributed by atoms with van der Waals surface area (Å²) in [6.45, 7) is 3.30. The topological polar surface area (TPSA) is 32.3 Å². The molecular weight excluding hydrogens is 162 g/mol. The highest BCUT2D eigenvalue weighted by molar-refractivity contribution is 5.62. The number of aliphatic hydroxyl groups is 1. The zero-order chi connectivity index (χ0) is 9.26. The minimum absolute atomic E-state index is 0.220. The van der Waals surface area contributed by atoms with Crippen molar-refractivity contribution >= 4 is 5.69 Å². The summed E-state index contributed by atoms with van der Waals surface area (Å²) >= 11 is 0. The number of hydrogen-bond acceptors (Lipinski definition) is 2. The molecule has 1 aliphatic rings. The molecule has 2 rings (SSSR count). The first-order valence-electron chi connectivity index (χ1n) is 4.79. The smallest absolute Gasteiger partial charge is 0.0497 e. The SMILES string of the molecule is CC(CO)c1cccc2c1NCC2. The van der Waals surface area contributed by atoms with Gasteiger partial charge in [0, 0.05) is 24.8 Å². The molecule has 0 saturated heterocycles. The lowest BCUT2D eigenvalue weighted by Gasteiger charge is -2.13. The van der Waals surface area contributed by atoms with Gasteiger partial charge in [0.25, 0.3) is 0 Å². The molecule has 0 fully saturated rings. The van der Waals surface area contributed by atoms with E-state index < -0.39 is 0 Å². The van der Waals surface area contributed by atoms with Crippen molar-refractivity contribution in [2.45, 2.75) is 19.3 Å². The van der Waals surface area contributed by atoms with E-state index in [4.69, 9.17) is 5.11 Å². The molecular formula is C11H15NO. The second-order valence-corrected chi connectivity index (χ2v) is 3.64. The average molecular weight is 177 g/mol. The number of aliphatic hydroxyl groups excluding tert-OH is 1. The van der Waals surface area contributed by atoms with Crippen LogP contribution >= 0.6 is 0 Å². The molecule has 1 aromatic carbocycles. The summed E-state index contributed by atoms with van der Waals surface area (Å²) in [6, 6.07) is 6.33. The standard InChI is InChI=1S/C11H15NO/c1-8(7-13)10-4-2-3-9-5-6-12-11(9)10/h2-4,8,12-13H,5-7H2,1H3. The van der Waals surface area contributed by atoms with Crippen molar-refractivity contribution in [2.75, 3.05) is 18.5 Å². The van der Waals surface area contributed by atoms with Crippen molar-refractivity contribution in [3.63, 3.8) is 0 Å². The van der Waals surface area contributed by atoms with Gasteiger partial charge in [0.15, 0.2) is 0 Å². The third-order valence-corrected chi connectivity index (χ3v) is 2.68. The minimum atomic E-state index is 0.220.